The molecule has 1 N–H and O–H groups in total. The molecule has 1 aromatic carbocycles. The number of benzene rings is 1. The van der Waals surface area contributed by atoms with Crippen LogP contribution in [0.2, 0.25) is 5.02 Å². The lowest BCUT2D eigenvalue weighted by Gasteiger charge is -2.22. The quantitative estimate of drug-likeness (QED) is 0.842. The predicted molar refractivity (Wildman–Crippen MR) is 79.3 cm³/mol. The Bertz CT molecular complexity index is 461. The van der Waals surface area contributed by atoms with Crippen LogP contribution in [-0.2, 0) is 9.53 Å². The van der Waals surface area contributed by atoms with Crippen LogP contribution in [0.15, 0.2) is 22.7 Å². The zero-order chi connectivity index (χ0) is 13.8. The molecule has 0 aliphatic heterocycles. The Kier molecular flexibility index (Phi) is 5.25. The van der Waals surface area contributed by atoms with Gasteiger partial charge in [-0.15, -0.1) is 0 Å². The summed E-state index contributed by atoms with van der Waals surface area (Å²) in [5, 5.41) is 3.93. The lowest BCUT2D eigenvalue weighted by atomic mass is 10.1. The van der Waals surface area contributed by atoms with Crippen molar-refractivity contribution in [1.29, 1.82) is 0 Å². The van der Waals surface area contributed by atoms with Crippen LogP contribution < -0.4 is 5.32 Å². The highest BCUT2D eigenvalue weighted by Crippen LogP contribution is 2.29. The number of carbonyl (C=O) groups excluding carboxylic acids is 1. The topological polar surface area (TPSA) is 38.3 Å². The summed E-state index contributed by atoms with van der Waals surface area (Å²) in [6.45, 7) is 0. The van der Waals surface area contributed by atoms with Crippen molar-refractivity contribution in [3.8, 4) is 0 Å². The van der Waals surface area contributed by atoms with Crippen LogP contribution in [-0.4, -0.2) is 19.1 Å². The van der Waals surface area contributed by atoms with Gasteiger partial charge in [0, 0.05) is 15.5 Å². The monoisotopic (exact) mass is 345 g/mol. The number of hydrogen-bond donors (Lipinski definition) is 1. The molecule has 0 radical (unpaired) electrons. The van der Waals surface area contributed by atoms with E-state index in [1.807, 2.05) is 12.1 Å². The van der Waals surface area contributed by atoms with Crippen molar-refractivity contribution in [2.24, 2.45) is 0 Å². The summed E-state index contributed by atoms with van der Waals surface area (Å²) in [7, 11) is 1.40. The Balaban J connectivity index is 2.23. The molecular formula is C14H17BrClNO2. The number of halogens is 2. The van der Waals surface area contributed by atoms with E-state index in [1.54, 1.807) is 6.07 Å². The zero-order valence-corrected chi connectivity index (χ0v) is 13.1. The van der Waals surface area contributed by atoms with Crippen molar-refractivity contribution in [1.82, 2.24) is 5.32 Å². The summed E-state index contributed by atoms with van der Waals surface area (Å²) >= 11 is 9.60. The minimum atomic E-state index is -0.492. The van der Waals surface area contributed by atoms with E-state index in [0.29, 0.717) is 11.1 Å². The molecule has 3 nitrogen and oxygen atoms in total. The fraction of sp³-hybridized carbons (Fsp3) is 0.500. The van der Waals surface area contributed by atoms with Gasteiger partial charge in [-0.25, -0.2) is 4.79 Å². The number of carbonyl (C=O) groups is 1. The van der Waals surface area contributed by atoms with Gasteiger partial charge in [0.05, 0.1) is 7.11 Å². The molecule has 0 bridgehead atoms. The first kappa shape index (κ1) is 14.8. The minimum absolute atomic E-state index is 0.295. The lowest BCUT2D eigenvalue weighted by molar-refractivity contribution is -0.143. The largest absolute Gasteiger partial charge is 0.468 e. The number of nitrogens with one attached hydrogen (secondary N) is 1. The van der Waals surface area contributed by atoms with Gasteiger partial charge in [-0.2, -0.15) is 0 Å². The standard InChI is InChI=1S/C14H17BrClNO2/c1-19-14(18)13(17-10-4-2-3-5-10)11-7-6-9(15)8-12(11)16/h6-8,10,13,17H,2-5H2,1H3. The van der Waals surface area contributed by atoms with Crippen molar-refractivity contribution < 1.29 is 9.53 Å². The van der Waals surface area contributed by atoms with Crippen molar-refractivity contribution in [2.45, 2.75) is 37.8 Å². The second-order valence-electron chi connectivity index (χ2n) is 4.77. The normalized spacial score (nSPS) is 17.4. The molecule has 5 heteroatoms. The fourth-order valence-corrected chi connectivity index (χ4v) is 3.25. The van der Waals surface area contributed by atoms with E-state index in [-0.39, 0.29) is 5.97 Å². The van der Waals surface area contributed by atoms with Gasteiger partial charge in [0.2, 0.25) is 0 Å². The molecule has 19 heavy (non-hydrogen) atoms. The molecule has 0 saturated heterocycles. The molecule has 1 aliphatic rings. The summed E-state index contributed by atoms with van der Waals surface area (Å²) < 4.78 is 5.78. The van der Waals surface area contributed by atoms with Crippen molar-refractivity contribution in [3.05, 3.63) is 33.3 Å². The average Bonchev–Trinajstić information content (AvgIpc) is 2.89. The molecule has 1 fully saturated rings. The minimum Gasteiger partial charge on any atom is -0.468 e. The first-order valence-electron chi connectivity index (χ1n) is 6.40. The molecule has 1 atom stereocenters. The second kappa shape index (κ2) is 6.73. The summed E-state index contributed by atoms with van der Waals surface area (Å²) in [6, 6.07) is 5.41. The first-order valence-corrected chi connectivity index (χ1v) is 7.57. The van der Waals surface area contributed by atoms with E-state index in [4.69, 9.17) is 16.3 Å². The Morgan fingerprint density at radius 2 is 2.16 bits per heavy atom. The van der Waals surface area contributed by atoms with Gasteiger partial charge < -0.3 is 4.74 Å². The van der Waals surface area contributed by atoms with Gasteiger partial charge in [0.15, 0.2) is 0 Å². The average molecular weight is 347 g/mol. The van der Waals surface area contributed by atoms with Gasteiger partial charge in [-0.1, -0.05) is 46.4 Å². The summed E-state index contributed by atoms with van der Waals surface area (Å²) in [6.07, 6.45) is 4.61. The smallest absolute Gasteiger partial charge is 0.327 e. The van der Waals surface area contributed by atoms with Gasteiger partial charge in [-0.3, -0.25) is 5.32 Å². The number of ether oxygens (including phenoxy) is 1. The maximum Gasteiger partial charge on any atom is 0.327 e. The number of methoxy groups -OCH3 is 1. The lowest BCUT2D eigenvalue weighted by Crippen LogP contribution is -2.36. The third-order valence-corrected chi connectivity index (χ3v) is 4.29. The molecule has 1 aliphatic carbocycles. The van der Waals surface area contributed by atoms with Crippen LogP contribution in [0.3, 0.4) is 0 Å². The first-order chi connectivity index (χ1) is 9.11. The molecule has 104 valence electrons. The molecule has 2 rings (SSSR count). The van der Waals surface area contributed by atoms with E-state index in [2.05, 4.69) is 21.2 Å². The maximum absolute atomic E-state index is 12.0. The number of esters is 1. The van der Waals surface area contributed by atoms with Crippen molar-refractivity contribution in [3.63, 3.8) is 0 Å². The molecular weight excluding hydrogens is 330 g/mol. The highest BCUT2D eigenvalue weighted by Gasteiger charge is 2.27. The Hall–Kier alpha value is -0.580. The highest BCUT2D eigenvalue weighted by molar-refractivity contribution is 9.10. The zero-order valence-electron chi connectivity index (χ0n) is 10.8. The molecule has 0 aromatic heterocycles. The number of rotatable bonds is 4. The second-order valence-corrected chi connectivity index (χ2v) is 6.09. The summed E-state index contributed by atoms with van der Waals surface area (Å²) in [4.78, 5) is 12.0. The highest BCUT2D eigenvalue weighted by atomic mass is 79.9. The fourth-order valence-electron chi connectivity index (χ4n) is 2.47. The SMILES string of the molecule is COC(=O)C(NC1CCCC1)c1ccc(Br)cc1Cl. The van der Waals surface area contributed by atoms with Gasteiger partial charge >= 0.3 is 5.97 Å². The molecule has 0 amide bonds. The number of hydrogen-bond acceptors (Lipinski definition) is 3. The predicted octanol–water partition coefficient (Wildman–Crippen LogP) is 3.85. The van der Waals surface area contributed by atoms with Gasteiger partial charge in [0.25, 0.3) is 0 Å². The van der Waals surface area contributed by atoms with E-state index >= 15 is 0 Å². The maximum atomic E-state index is 12.0. The van der Waals surface area contributed by atoms with E-state index < -0.39 is 6.04 Å². The van der Waals surface area contributed by atoms with Crippen LogP contribution in [0, 0.1) is 0 Å². The van der Waals surface area contributed by atoms with E-state index in [9.17, 15) is 4.79 Å². The van der Waals surface area contributed by atoms with Crippen molar-refractivity contribution in [2.75, 3.05) is 7.11 Å². The van der Waals surface area contributed by atoms with Gasteiger partial charge in [-0.05, 0) is 30.5 Å². The van der Waals surface area contributed by atoms with Crippen molar-refractivity contribution >= 4 is 33.5 Å². The molecule has 1 saturated carbocycles. The summed E-state index contributed by atoms with van der Waals surface area (Å²) in [5.74, 6) is -0.295. The Morgan fingerprint density at radius 1 is 1.47 bits per heavy atom. The van der Waals surface area contributed by atoms with Crippen LogP contribution in [0.4, 0.5) is 0 Å². The third kappa shape index (κ3) is 3.71. The molecule has 1 unspecified atom stereocenters. The Labute approximate surface area is 126 Å². The summed E-state index contributed by atoms with van der Waals surface area (Å²) in [5.41, 5.74) is 0.767. The van der Waals surface area contributed by atoms with Crippen LogP contribution >= 0.6 is 27.5 Å². The van der Waals surface area contributed by atoms with Crippen LogP contribution in [0.5, 0.6) is 0 Å². The van der Waals surface area contributed by atoms with Crippen LogP contribution in [0.1, 0.15) is 37.3 Å². The van der Waals surface area contributed by atoms with E-state index in [1.165, 1.54) is 20.0 Å². The van der Waals surface area contributed by atoms with E-state index in [0.717, 1.165) is 22.9 Å². The third-order valence-electron chi connectivity index (χ3n) is 3.47. The Morgan fingerprint density at radius 3 is 2.74 bits per heavy atom. The molecule has 0 spiro atoms. The van der Waals surface area contributed by atoms with Gasteiger partial charge in [0.1, 0.15) is 6.04 Å². The van der Waals surface area contributed by atoms with Crippen LogP contribution in [0.25, 0.3) is 0 Å². The molecule has 1 aromatic rings. The molecule has 0 heterocycles.